The predicted octanol–water partition coefficient (Wildman–Crippen LogP) is 4.01. The second-order valence-electron chi connectivity index (χ2n) is 6.61. The summed E-state index contributed by atoms with van der Waals surface area (Å²) in [5.74, 6) is 2.54. The number of fused-ring (bicyclic) bond motifs is 1. The van der Waals surface area contributed by atoms with Crippen LogP contribution in [0.1, 0.15) is 24.7 Å². The number of benzene rings is 1. The second kappa shape index (κ2) is 6.81. The van der Waals surface area contributed by atoms with Gasteiger partial charge in [0.1, 0.15) is 17.3 Å². The van der Waals surface area contributed by atoms with E-state index in [0.29, 0.717) is 6.04 Å². The zero-order chi connectivity index (χ0) is 18.1. The first-order valence-corrected chi connectivity index (χ1v) is 9.12. The van der Waals surface area contributed by atoms with Crippen LogP contribution in [-0.4, -0.2) is 25.9 Å². The molecule has 1 saturated heterocycles. The van der Waals surface area contributed by atoms with E-state index in [1.807, 2.05) is 55.0 Å². The largest absolute Gasteiger partial charge is 0.456 e. The van der Waals surface area contributed by atoms with Gasteiger partial charge in [-0.05, 0) is 55.8 Å². The lowest BCUT2D eigenvalue weighted by atomic mass is 10.1. The zero-order valence-corrected chi connectivity index (χ0v) is 14.7. The quantitative estimate of drug-likeness (QED) is 0.598. The third-order valence-corrected chi connectivity index (χ3v) is 4.84. The van der Waals surface area contributed by atoms with Crippen LogP contribution in [0, 0.1) is 0 Å². The lowest BCUT2D eigenvalue weighted by Gasteiger charge is -2.08. The molecule has 4 aromatic rings. The van der Waals surface area contributed by atoms with Crippen molar-refractivity contribution < 1.29 is 4.74 Å². The highest BCUT2D eigenvalue weighted by molar-refractivity contribution is 5.77. The fourth-order valence-electron chi connectivity index (χ4n) is 3.55. The van der Waals surface area contributed by atoms with Crippen LogP contribution >= 0.6 is 0 Å². The smallest absolute Gasteiger partial charge is 0.145 e. The van der Waals surface area contributed by atoms with Crippen molar-refractivity contribution in [2.75, 3.05) is 6.54 Å². The van der Waals surface area contributed by atoms with Gasteiger partial charge in [0.15, 0.2) is 0 Å². The third-order valence-electron chi connectivity index (χ3n) is 4.84. The number of nitrogens with one attached hydrogen (secondary N) is 1. The van der Waals surface area contributed by atoms with Crippen LogP contribution in [0.25, 0.3) is 16.8 Å². The topological polar surface area (TPSA) is 64.3 Å². The summed E-state index contributed by atoms with van der Waals surface area (Å²) in [4.78, 5) is 13.3. The Hall–Kier alpha value is -3.25. The minimum atomic E-state index is 0.293. The van der Waals surface area contributed by atoms with Crippen molar-refractivity contribution >= 4 is 5.52 Å². The molecule has 1 fully saturated rings. The summed E-state index contributed by atoms with van der Waals surface area (Å²) in [5.41, 5.74) is 3.00. The minimum Gasteiger partial charge on any atom is -0.456 e. The van der Waals surface area contributed by atoms with E-state index in [-0.39, 0.29) is 0 Å². The highest BCUT2D eigenvalue weighted by Crippen LogP contribution is 2.31. The monoisotopic (exact) mass is 357 g/mol. The number of imidazole rings is 1. The predicted molar refractivity (Wildman–Crippen MR) is 103 cm³/mol. The van der Waals surface area contributed by atoms with Crippen molar-refractivity contribution in [1.82, 2.24) is 24.7 Å². The van der Waals surface area contributed by atoms with Gasteiger partial charge in [0.2, 0.25) is 0 Å². The van der Waals surface area contributed by atoms with E-state index in [1.165, 1.54) is 6.42 Å². The number of nitrogens with zero attached hydrogens (tertiary/aromatic N) is 4. The van der Waals surface area contributed by atoms with Crippen molar-refractivity contribution in [3.05, 3.63) is 73.2 Å². The molecule has 1 unspecified atom stereocenters. The van der Waals surface area contributed by atoms with E-state index in [9.17, 15) is 0 Å². The molecule has 0 bridgehead atoms. The Bertz CT molecular complexity index is 1050. The number of pyridine rings is 1. The zero-order valence-electron chi connectivity index (χ0n) is 14.7. The molecule has 0 aliphatic carbocycles. The van der Waals surface area contributed by atoms with E-state index in [2.05, 4.69) is 19.7 Å². The van der Waals surface area contributed by atoms with Gasteiger partial charge < -0.3 is 10.1 Å². The third kappa shape index (κ3) is 3.04. The fraction of sp³-hybridized carbons (Fsp3) is 0.190. The van der Waals surface area contributed by atoms with Crippen molar-refractivity contribution in [2.24, 2.45) is 0 Å². The highest BCUT2D eigenvalue weighted by atomic mass is 16.5. The highest BCUT2D eigenvalue weighted by Gasteiger charge is 2.23. The van der Waals surface area contributed by atoms with Crippen LogP contribution in [0.2, 0.25) is 0 Å². The minimum absolute atomic E-state index is 0.293. The fourth-order valence-corrected chi connectivity index (χ4v) is 3.55. The Morgan fingerprint density at radius 2 is 1.89 bits per heavy atom. The lowest BCUT2D eigenvalue weighted by molar-refractivity contribution is 0.480. The van der Waals surface area contributed by atoms with Crippen LogP contribution in [0.15, 0.2) is 67.4 Å². The van der Waals surface area contributed by atoms with Gasteiger partial charge in [-0.25, -0.2) is 4.98 Å². The molecular formula is C21H19N5O. The van der Waals surface area contributed by atoms with Crippen molar-refractivity contribution in [3.8, 4) is 22.8 Å². The second-order valence-corrected chi connectivity index (χ2v) is 6.61. The van der Waals surface area contributed by atoms with Crippen LogP contribution < -0.4 is 10.1 Å². The average molecular weight is 357 g/mol. The van der Waals surface area contributed by atoms with Crippen LogP contribution in [-0.2, 0) is 0 Å². The molecule has 1 N–H and O–H groups in total. The molecule has 1 aromatic carbocycles. The summed E-state index contributed by atoms with van der Waals surface area (Å²) in [6.07, 6.45) is 11.4. The van der Waals surface area contributed by atoms with Gasteiger partial charge in [-0.15, -0.1) is 0 Å². The van der Waals surface area contributed by atoms with Crippen molar-refractivity contribution in [1.29, 1.82) is 0 Å². The molecule has 1 aliphatic heterocycles. The Labute approximate surface area is 156 Å². The Morgan fingerprint density at radius 1 is 1.00 bits per heavy atom. The van der Waals surface area contributed by atoms with Crippen molar-refractivity contribution in [2.45, 2.75) is 18.9 Å². The van der Waals surface area contributed by atoms with Gasteiger partial charge in [-0.3, -0.25) is 14.4 Å². The Kier molecular flexibility index (Phi) is 4.03. The standard InChI is InChI=1S/C21H19N5O/c1-3-17(13-22-9-1)27-16-7-5-15(6-8-16)20-19-14-23-11-12-26(19)21(25-20)18-4-2-10-24-18/h1,3,5-9,11-14,18,24H,2,4,10H2. The number of aromatic nitrogens is 4. The molecule has 1 atom stereocenters. The van der Waals surface area contributed by atoms with E-state index < -0.39 is 0 Å². The van der Waals surface area contributed by atoms with Gasteiger partial charge in [0, 0.05) is 24.2 Å². The van der Waals surface area contributed by atoms with Gasteiger partial charge in [0.05, 0.1) is 29.6 Å². The molecule has 3 aromatic heterocycles. The van der Waals surface area contributed by atoms with Crippen molar-refractivity contribution in [3.63, 3.8) is 0 Å². The van der Waals surface area contributed by atoms with Crippen LogP contribution in [0.3, 0.4) is 0 Å². The maximum atomic E-state index is 5.83. The van der Waals surface area contributed by atoms with E-state index >= 15 is 0 Å². The van der Waals surface area contributed by atoms with Gasteiger partial charge in [0.25, 0.3) is 0 Å². The van der Waals surface area contributed by atoms with Crippen LogP contribution in [0.4, 0.5) is 0 Å². The summed E-state index contributed by atoms with van der Waals surface area (Å²) in [7, 11) is 0. The molecule has 0 radical (unpaired) electrons. The van der Waals surface area contributed by atoms with E-state index in [0.717, 1.165) is 47.1 Å². The first kappa shape index (κ1) is 16.0. The molecule has 5 rings (SSSR count). The first-order chi connectivity index (χ1) is 13.4. The number of rotatable bonds is 4. The van der Waals surface area contributed by atoms with E-state index in [1.54, 1.807) is 12.4 Å². The number of ether oxygens (including phenoxy) is 1. The maximum absolute atomic E-state index is 5.83. The maximum Gasteiger partial charge on any atom is 0.145 e. The summed E-state index contributed by atoms with van der Waals surface area (Å²) in [6.45, 7) is 1.04. The molecule has 0 saturated carbocycles. The first-order valence-electron chi connectivity index (χ1n) is 9.12. The SMILES string of the molecule is c1cncc(Oc2ccc(-c3nc(C4CCCN4)n4ccncc34)cc2)c1. The molecule has 4 heterocycles. The number of hydrogen-bond donors (Lipinski definition) is 1. The summed E-state index contributed by atoms with van der Waals surface area (Å²) >= 11 is 0. The van der Waals surface area contributed by atoms with Gasteiger partial charge >= 0.3 is 0 Å². The Balaban J connectivity index is 1.50. The van der Waals surface area contributed by atoms with Gasteiger partial charge in [-0.1, -0.05) is 0 Å². The molecule has 0 amide bonds. The van der Waals surface area contributed by atoms with Crippen LogP contribution in [0.5, 0.6) is 11.5 Å². The summed E-state index contributed by atoms with van der Waals surface area (Å²) in [5, 5.41) is 3.54. The Morgan fingerprint density at radius 3 is 2.67 bits per heavy atom. The molecule has 6 nitrogen and oxygen atoms in total. The molecule has 6 heteroatoms. The molecule has 27 heavy (non-hydrogen) atoms. The lowest BCUT2D eigenvalue weighted by Crippen LogP contribution is -2.15. The molecule has 134 valence electrons. The molecule has 1 aliphatic rings. The normalized spacial score (nSPS) is 16.7. The summed E-state index contributed by atoms with van der Waals surface area (Å²) < 4.78 is 7.98. The number of hydrogen-bond acceptors (Lipinski definition) is 5. The summed E-state index contributed by atoms with van der Waals surface area (Å²) in [6, 6.07) is 12.0. The molecular weight excluding hydrogens is 338 g/mol. The average Bonchev–Trinajstić information content (AvgIpc) is 3.37. The van der Waals surface area contributed by atoms with E-state index in [4.69, 9.17) is 9.72 Å². The molecule has 0 spiro atoms. The van der Waals surface area contributed by atoms with Gasteiger partial charge in [-0.2, -0.15) is 0 Å².